The van der Waals surface area contributed by atoms with E-state index in [9.17, 15) is 4.79 Å². The van der Waals surface area contributed by atoms with Crippen LogP contribution in [0.25, 0.3) is 0 Å². The van der Waals surface area contributed by atoms with Gasteiger partial charge in [0.05, 0.1) is 0 Å². The van der Waals surface area contributed by atoms with Crippen molar-refractivity contribution < 1.29 is 4.79 Å². The molecule has 0 fully saturated rings. The molecule has 1 heteroatoms. The topological polar surface area (TPSA) is 17.1 Å². The molecule has 0 saturated heterocycles. The highest BCUT2D eigenvalue weighted by atomic mass is 16.1. The monoisotopic (exact) mass is 176 g/mol. The Hall–Kier alpha value is -1.37. The van der Waals surface area contributed by atoms with Crippen LogP contribution in [0.2, 0.25) is 0 Å². The molecular formula is C12H16O. The normalized spacial score (nSPS) is 11.8. The molecule has 0 unspecified atom stereocenters. The molecule has 0 bridgehead atoms. The molecule has 0 rings (SSSR count). The zero-order valence-corrected chi connectivity index (χ0v) is 8.07. The standard InChI is InChI=1S/C12H16O/c1-3-5-6-7-8-9-10-11-12(13)4-2/h3-9H,2,10-11H2,1H3. The number of carbonyl (C=O) groups is 1. The Bertz CT molecular complexity index is 232. The summed E-state index contributed by atoms with van der Waals surface area (Å²) >= 11 is 0. The van der Waals surface area contributed by atoms with E-state index in [2.05, 4.69) is 6.58 Å². The number of hydrogen-bond acceptors (Lipinski definition) is 1. The van der Waals surface area contributed by atoms with Crippen molar-refractivity contribution in [2.24, 2.45) is 0 Å². The van der Waals surface area contributed by atoms with Crippen LogP contribution in [-0.2, 0) is 4.79 Å². The van der Waals surface area contributed by atoms with Gasteiger partial charge >= 0.3 is 0 Å². The maximum absolute atomic E-state index is 10.8. The van der Waals surface area contributed by atoms with E-state index in [0.29, 0.717) is 6.42 Å². The first-order valence-corrected chi connectivity index (χ1v) is 4.41. The second-order valence-electron chi connectivity index (χ2n) is 2.55. The van der Waals surface area contributed by atoms with Gasteiger partial charge < -0.3 is 0 Å². The van der Waals surface area contributed by atoms with Gasteiger partial charge in [0.2, 0.25) is 0 Å². The van der Waals surface area contributed by atoms with E-state index in [4.69, 9.17) is 0 Å². The van der Waals surface area contributed by atoms with Gasteiger partial charge in [0.25, 0.3) is 0 Å². The second kappa shape index (κ2) is 8.72. The Balaban J connectivity index is 3.52. The maximum atomic E-state index is 10.8. The van der Waals surface area contributed by atoms with Gasteiger partial charge in [0.1, 0.15) is 0 Å². The molecule has 0 N–H and O–H groups in total. The second-order valence-corrected chi connectivity index (χ2v) is 2.55. The van der Waals surface area contributed by atoms with Crippen LogP contribution in [0.15, 0.2) is 49.1 Å². The quantitative estimate of drug-likeness (QED) is 0.448. The predicted octanol–water partition coefficient (Wildman–Crippen LogP) is 3.21. The molecule has 0 aromatic heterocycles. The number of carbonyl (C=O) groups excluding carboxylic acids is 1. The minimum atomic E-state index is 0.0992. The number of rotatable bonds is 6. The van der Waals surface area contributed by atoms with Gasteiger partial charge in [-0.15, -0.1) is 0 Å². The lowest BCUT2D eigenvalue weighted by molar-refractivity contribution is -0.114. The highest BCUT2D eigenvalue weighted by molar-refractivity contribution is 5.89. The molecular weight excluding hydrogens is 160 g/mol. The highest BCUT2D eigenvalue weighted by Gasteiger charge is 1.90. The van der Waals surface area contributed by atoms with Crippen molar-refractivity contribution >= 4 is 5.78 Å². The molecule has 0 aromatic rings. The van der Waals surface area contributed by atoms with E-state index in [1.807, 2.05) is 43.4 Å². The van der Waals surface area contributed by atoms with Crippen LogP contribution in [0.4, 0.5) is 0 Å². The molecule has 1 nitrogen and oxygen atoms in total. The number of allylic oxidation sites excluding steroid dienone is 7. The van der Waals surface area contributed by atoms with Crippen molar-refractivity contribution in [3.05, 3.63) is 49.1 Å². The molecule has 13 heavy (non-hydrogen) atoms. The Morgan fingerprint density at radius 2 is 1.92 bits per heavy atom. The van der Waals surface area contributed by atoms with Crippen molar-refractivity contribution in [2.75, 3.05) is 0 Å². The summed E-state index contributed by atoms with van der Waals surface area (Å²) in [5.41, 5.74) is 0. The first-order valence-electron chi connectivity index (χ1n) is 4.41. The fourth-order valence-electron chi connectivity index (χ4n) is 0.742. The molecule has 0 aliphatic carbocycles. The van der Waals surface area contributed by atoms with Crippen molar-refractivity contribution in [3.8, 4) is 0 Å². The lowest BCUT2D eigenvalue weighted by Crippen LogP contribution is -1.88. The summed E-state index contributed by atoms with van der Waals surface area (Å²) in [6.07, 6.45) is 14.4. The Morgan fingerprint density at radius 1 is 1.23 bits per heavy atom. The SMILES string of the molecule is C=CC(=O)CCC=CC=CC=CC. The summed E-state index contributed by atoms with van der Waals surface area (Å²) < 4.78 is 0. The summed E-state index contributed by atoms with van der Waals surface area (Å²) in [4.78, 5) is 10.8. The third-order valence-corrected chi connectivity index (χ3v) is 1.45. The van der Waals surface area contributed by atoms with Gasteiger partial charge in [-0.25, -0.2) is 0 Å². The Morgan fingerprint density at radius 3 is 2.54 bits per heavy atom. The zero-order chi connectivity index (χ0) is 9.94. The van der Waals surface area contributed by atoms with Gasteiger partial charge in [-0.05, 0) is 19.4 Å². The van der Waals surface area contributed by atoms with Gasteiger partial charge in [-0.2, -0.15) is 0 Å². The lowest BCUT2D eigenvalue weighted by atomic mass is 10.2. The molecule has 0 spiro atoms. The molecule has 0 aromatic carbocycles. The lowest BCUT2D eigenvalue weighted by Gasteiger charge is -1.86. The van der Waals surface area contributed by atoms with E-state index in [1.54, 1.807) is 0 Å². The molecule has 0 radical (unpaired) electrons. The zero-order valence-electron chi connectivity index (χ0n) is 8.07. The largest absolute Gasteiger partial charge is 0.295 e. The average Bonchev–Trinajstić information content (AvgIpc) is 2.16. The Kier molecular flexibility index (Phi) is 7.80. The smallest absolute Gasteiger partial charge is 0.155 e. The van der Waals surface area contributed by atoms with Crippen LogP contribution in [-0.4, -0.2) is 5.78 Å². The van der Waals surface area contributed by atoms with Crippen LogP contribution in [0.5, 0.6) is 0 Å². The van der Waals surface area contributed by atoms with Crippen LogP contribution < -0.4 is 0 Å². The van der Waals surface area contributed by atoms with Crippen LogP contribution in [0, 0.1) is 0 Å². The average molecular weight is 176 g/mol. The van der Waals surface area contributed by atoms with Crippen molar-refractivity contribution in [2.45, 2.75) is 19.8 Å². The van der Waals surface area contributed by atoms with Crippen LogP contribution in [0.1, 0.15) is 19.8 Å². The molecule has 0 aliphatic heterocycles. The highest BCUT2D eigenvalue weighted by Crippen LogP contribution is 1.93. The van der Waals surface area contributed by atoms with E-state index < -0.39 is 0 Å². The predicted molar refractivity (Wildman–Crippen MR) is 57.5 cm³/mol. The number of hydrogen-bond donors (Lipinski definition) is 0. The first kappa shape index (κ1) is 11.6. The van der Waals surface area contributed by atoms with Crippen molar-refractivity contribution in [1.82, 2.24) is 0 Å². The van der Waals surface area contributed by atoms with E-state index >= 15 is 0 Å². The van der Waals surface area contributed by atoms with E-state index in [-0.39, 0.29) is 5.78 Å². The summed E-state index contributed by atoms with van der Waals surface area (Å²) in [7, 11) is 0. The summed E-state index contributed by atoms with van der Waals surface area (Å²) in [5.74, 6) is 0.0992. The number of ketones is 1. The fraction of sp³-hybridized carbons (Fsp3) is 0.250. The van der Waals surface area contributed by atoms with E-state index in [0.717, 1.165) is 6.42 Å². The molecule has 0 heterocycles. The summed E-state index contributed by atoms with van der Waals surface area (Å²) in [5, 5.41) is 0. The van der Waals surface area contributed by atoms with Crippen molar-refractivity contribution in [3.63, 3.8) is 0 Å². The molecule has 0 saturated carbocycles. The molecule has 0 atom stereocenters. The van der Waals surface area contributed by atoms with Crippen LogP contribution in [0.3, 0.4) is 0 Å². The Labute approximate surface area is 80.2 Å². The molecule has 0 aliphatic rings. The van der Waals surface area contributed by atoms with Gasteiger partial charge in [0.15, 0.2) is 5.78 Å². The van der Waals surface area contributed by atoms with Gasteiger partial charge in [-0.1, -0.05) is 43.0 Å². The molecule has 0 amide bonds. The summed E-state index contributed by atoms with van der Waals surface area (Å²) in [6, 6.07) is 0. The minimum Gasteiger partial charge on any atom is -0.295 e. The fourth-order valence-corrected chi connectivity index (χ4v) is 0.742. The minimum absolute atomic E-state index is 0.0992. The maximum Gasteiger partial charge on any atom is 0.155 e. The van der Waals surface area contributed by atoms with Gasteiger partial charge in [0, 0.05) is 6.42 Å². The third kappa shape index (κ3) is 8.54. The van der Waals surface area contributed by atoms with Gasteiger partial charge in [-0.3, -0.25) is 4.79 Å². The van der Waals surface area contributed by atoms with Crippen LogP contribution >= 0.6 is 0 Å². The summed E-state index contributed by atoms with van der Waals surface area (Å²) in [6.45, 7) is 5.37. The third-order valence-electron chi connectivity index (χ3n) is 1.45. The van der Waals surface area contributed by atoms with E-state index in [1.165, 1.54) is 6.08 Å². The first-order chi connectivity index (χ1) is 6.31. The molecule has 70 valence electrons. The van der Waals surface area contributed by atoms with Crippen molar-refractivity contribution in [1.29, 1.82) is 0 Å².